The number of rotatable bonds is 13. The SMILES string of the molecule is CN(Cc1ccccc1)C(=O)[C@@H](NC(=O)c1cc2cc(NC(=O)c3ccccc3-c3ccc(C(F)(F)F)cc3)ccc2n1C)c1ccccc1.Cc1c(C(=O)NN2CCCCC2)nn(-c2ccc(Cl)cc2Cl)c1-c1ccc(Cl)cc1. The van der Waals surface area contributed by atoms with Gasteiger partial charge in [0.2, 0.25) is 5.91 Å². The summed E-state index contributed by atoms with van der Waals surface area (Å²) in [6, 6.07) is 48.6. The first-order valence-electron chi connectivity index (χ1n) is 25.6. The summed E-state index contributed by atoms with van der Waals surface area (Å²) in [5.41, 5.74) is 9.99. The third-order valence-electron chi connectivity index (χ3n) is 13.7. The zero-order valence-electron chi connectivity index (χ0n) is 43.7. The molecule has 0 radical (unpaired) electrons. The molecule has 1 saturated heterocycles. The summed E-state index contributed by atoms with van der Waals surface area (Å²) >= 11 is 18.6. The van der Waals surface area contributed by atoms with Crippen LogP contribution in [0.3, 0.4) is 0 Å². The maximum Gasteiger partial charge on any atom is 0.416 e. The van der Waals surface area contributed by atoms with Crippen molar-refractivity contribution in [1.82, 2.24) is 35.0 Å². The van der Waals surface area contributed by atoms with E-state index < -0.39 is 29.6 Å². The van der Waals surface area contributed by atoms with E-state index in [1.807, 2.05) is 84.7 Å². The van der Waals surface area contributed by atoms with Gasteiger partial charge in [-0.3, -0.25) is 24.6 Å². The van der Waals surface area contributed by atoms with Gasteiger partial charge in [-0.1, -0.05) is 144 Å². The number of nitrogens with one attached hydrogen (secondary N) is 3. The van der Waals surface area contributed by atoms with E-state index in [-0.39, 0.29) is 17.4 Å². The van der Waals surface area contributed by atoms with Crippen molar-refractivity contribution in [2.75, 3.05) is 25.5 Å². The first-order chi connectivity index (χ1) is 38.4. The number of fused-ring (bicyclic) bond motifs is 1. The number of aryl methyl sites for hydroxylation is 1. The summed E-state index contributed by atoms with van der Waals surface area (Å²) in [7, 11) is 3.45. The number of carbonyl (C=O) groups is 4. The second-order valence-corrected chi connectivity index (χ2v) is 20.5. The molecule has 1 atom stereocenters. The highest BCUT2D eigenvalue weighted by atomic mass is 35.5. The van der Waals surface area contributed by atoms with E-state index in [1.165, 1.54) is 18.6 Å². The van der Waals surface area contributed by atoms with Crippen molar-refractivity contribution < 1.29 is 32.3 Å². The summed E-state index contributed by atoms with van der Waals surface area (Å²) in [6.07, 6.45) is -1.13. The van der Waals surface area contributed by atoms with E-state index in [2.05, 4.69) is 21.2 Å². The predicted octanol–water partition coefficient (Wildman–Crippen LogP) is 14.2. The fraction of sp³-hybridized carbons (Fsp3) is 0.177. The van der Waals surface area contributed by atoms with Gasteiger partial charge in [-0.05, 0) is 115 Å². The van der Waals surface area contributed by atoms with Crippen LogP contribution in [0.1, 0.15) is 78.9 Å². The first kappa shape index (κ1) is 56.5. The van der Waals surface area contributed by atoms with Crippen LogP contribution in [0.15, 0.2) is 176 Å². The number of halogens is 6. The Morgan fingerprint density at radius 3 is 2.00 bits per heavy atom. The van der Waals surface area contributed by atoms with Crippen molar-refractivity contribution in [3.8, 4) is 28.1 Å². The lowest BCUT2D eigenvalue weighted by Crippen LogP contribution is -2.45. The van der Waals surface area contributed by atoms with Crippen molar-refractivity contribution in [2.24, 2.45) is 7.05 Å². The molecule has 18 heteroatoms. The lowest BCUT2D eigenvalue weighted by molar-refractivity contribution is -0.137. The van der Waals surface area contributed by atoms with Gasteiger partial charge >= 0.3 is 6.18 Å². The molecule has 2 aromatic heterocycles. The van der Waals surface area contributed by atoms with Crippen LogP contribution in [0.2, 0.25) is 15.1 Å². The number of amides is 4. The summed E-state index contributed by atoms with van der Waals surface area (Å²) in [4.78, 5) is 55.6. The maximum atomic E-state index is 13.8. The van der Waals surface area contributed by atoms with Gasteiger partial charge in [0.1, 0.15) is 11.7 Å². The number of piperidine rings is 1. The third-order valence-corrected chi connectivity index (χ3v) is 14.5. The molecule has 3 N–H and O–H groups in total. The van der Waals surface area contributed by atoms with Crippen LogP contribution < -0.4 is 16.1 Å². The Morgan fingerprint density at radius 2 is 1.32 bits per heavy atom. The van der Waals surface area contributed by atoms with Crippen LogP contribution in [0.5, 0.6) is 0 Å². The average molecular weight is 1140 g/mol. The number of carbonyl (C=O) groups excluding carboxylic acids is 4. The molecule has 1 aliphatic heterocycles. The molecule has 0 spiro atoms. The van der Waals surface area contributed by atoms with Crippen molar-refractivity contribution >= 4 is 75.0 Å². The zero-order valence-corrected chi connectivity index (χ0v) is 46.0. The summed E-state index contributed by atoms with van der Waals surface area (Å²) in [6.45, 7) is 3.95. The number of aromatic nitrogens is 3. The van der Waals surface area contributed by atoms with E-state index >= 15 is 0 Å². The van der Waals surface area contributed by atoms with Gasteiger partial charge in [0.05, 0.1) is 22.0 Å². The molecule has 7 aromatic carbocycles. The van der Waals surface area contributed by atoms with Crippen LogP contribution in [0.4, 0.5) is 18.9 Å². The molecule has 0 saturated carbocycles. The normalized spacial score (nSPS) is 13.0. The van der Waals surface area contributed by atoms with E-state index in [0.717, 1.165) is 66.0 Å². The zero-order chi connectivity index (χ0) is 56.7. The largest absolute Gasteiger partial charge is 0.416 e. The van der Waals surface area contributed by atoms with Gasteiger partial charge in [-0.25, -0.2) is 9.69 Å². The Balaban J connectivity index is 0.000000219. The molecule has 9 aromatic rings. The number of hydrogen-bond acceptors (Lipinski definition) is 6. The second-order valence-electron chi connectivity index (χ2n) is 19.3. The fourth-order valence-electron chi connectivity index (χ4n) is 9.60. The minimum Gasteiger partial charge on any atom is -0.340 e. The van der Waals surface area contributed by atoms with Crippen LogP contribution >= 0.6 is 34.8 Å². The maximum absolute atomic E-state index is 13.8. The van der Waals surface area contributed by atoms with E-state index in [1.54, 1.807) is 107 Å². The summed E-state index contributed by atoms with van der Waals surface area (Å²) in [5.74, 6) is -1.39. The molecule has 0 unspecified atom stereocenters. The lowest BCUT2D eigenvalue weighted by Gasteiger charge is -2.26. The number of hydrazine groups is 1. The number of likely N-dealkylation sites (N-methyl/N-ethyl adjacent to an activating group) is 1. The van der Waals surface area contributed by atoms with Gasteiger partial charge in [0.25, 0.3) is 17.7 Å². The predicted molar refractivity (Wildman–Crippen MR) is 309 cm³/mol. The lowest BCUT2D eigenvalue weighted by atomic mass is 9.98. The van der Waals surface area contributed by atoms with Gasteiger partial charge in [0, 0.05) is 77.1 Å². The topological polar surface area (TPSA) is 134 Å². The molecular formula is C62H54Cl3F3N8O4. The Labute approximate surface area is 475 Å². The molecule has 80 heavy (non-hydrogen) atoms. The Bertz CT molecular complexity index is 3700. The van der Waals surface area contributed by atoms with Crippen molar-refractivity contribution in [1.29, 1.82) is 0 Å². The second kappa shape index (κ2) is 24.9. The van der Waals surface area contributed by atoms with Gasteiger partial charge in [0.15, 0.2) is 5.69 Å². The monoisotopic (exact) mass is 1140 g/mol. The third kappa shape index (κ3) is 13.1. The van der Waals surface area contributed by atoms with Gasteiger partial charge in [-0.2, -0.15) is 18.3 Å². The standard InChI is InChI=1S/C40H33F3N4O3.C22H21Cl3N4O/c1-46(25-26-11-5-3-6-12-26)39(50)36(28-13-7-4-8-14-28)45-38(49)35-24-29-23-31(21-22-34(29)47(35)2)44-37(48)33-16-10-9-15-32(33)27-17-19-30(20-18-27)40(41,42)43;1-14-20(22(30)27-28-11-3-2-4-12-28)26-29(19-10-9-17(24)13-18(19)25)21(14)15-5-7-16(23)8-6-15/h3-24,36H,25H2,1-2H3,(H,44,48)(H,45,49);5-10,13H,2-4,11-12H2,1H3,(H,27,30)/t36-;/m0./s1. The van der Waals surface area contributed by atoms with E-state index in [0.29, 0.717) is 66.5 Å². The molecule has 0 bridgehead atoms. The summed E-state index contributed by atoms with van der Waals surface area (Å²) in [5, 5.41) is 14.7. The first-order valence-corrected chi connectivity index (χ1v) is 26.8. The number of anilines is 1. The van der Waals surface area contributed by atoms with Gasteiger partial charge < -0.3 is 20.1 Å². The van der Waals surface area contributed by atoms with Crippen molar-refractivity contribution in [2.45, 2.75) is 44.9 Å². The Kier molecular flexibility index (Phi) is 17.6. The van der Waals surface area contributed by atoms with Gasteiger partial charge in [-0.15, -0.1) is 0 Å². The number of nitrogens with zero attached hydrogens (tertiary/aromatic N) is 5. The highest BCUT2D eigenvalue weighted by Gasteiger charge is 2.31. The molecule has 12 nitrogen and oxygen atoms in total. The fourth-order valence-corrected chi connectivity index (χ4v) is 10.2. The number of alkyl halides is 3. The highest BCUT2D eigenvalue weighted by Crippen LogP contribution is 2.35. The number of hydrogen-bond donors (Lipinski definition) is 3. The van der Waals surface area contributed by atoms with Crippen LogP contribution in [0.25, 0.3) is 39.0 Å². The molecular weight excluding hydrogens is 1080 g/mol. The van der Waals surface area contributed by atoms with Crippen LogP contribution in [0, 0.1) is 6.92 Å². The highest BCUT2D eigenvalue weighted by molar-refractivity contribution is 6.35. The minimum absolute atomic E-state index is 0.228. The minimum atomic E-state index is -4.47. The van der Waals surface area contributed by atoms with Crippen LogP contribution in [-0.4, -0.2) is 68.0 Å². The number of benzene rings is 7. The molecule has 1 aliphatic rings. The van der Waals surface area contributed by atoms with Crippen molar-refractivity contribution in [3.63, 3.8) is 0 Å². The smallest absolute Gasteiger partial charge is 0.340 e. The molecule has 1 fully saturated rings. The molecule has 4 amide bonds. The van der Waals surface area contributed by atoms with E-state index in [9.17, 15) is 32.3 Å². The molecule has 3 heterocycles. The molecule has 408 valence electrons. The average Bonchev–Trinajstić information content (AvgIpc) is 4.11. The summed E-state index contributed by atoms with van der Waals surface area (Å²) < 4.78 is 42.7. The quantitative estimate of drug-likeness (QED) is 0.105. The Hall–Kier alpha value is -8.21. The van der Waals surface area contributed by atoms with Crippen molar-refractivity contribution in [3.05, 3.63) is 230 Å². The molecule has 0 aliphatic carbocycles. The van der Waals surface area contributed by atoms with Crippen LogP contribution in [-0.2, 0) is 24.6 Å². The van der Waals surface area contributed by atoms with E-state index in [4.69, 9.17) is 34.8 Å². The Morgan fingerprint density at radius 1 is 0.688 bits per heavy atom. The molecule has 10 rings (SSSR count).